The van der Waals surface area contributed by atoms with Crippen LogP contribution in [0.4, 0.5) is 0 Å². The molecular formula is C31H37NO4. The van der Waals surface area contributed by atoms with Crippen LogP contribution >= 0.6 is 0 Å². The van der Waals surface area contributed by atoms with Crippen LogP contribution in [0.25, 0.3) is 33.4 Å². The minimum Gasteiger partial charge on any atom is -0.497 e. The van der Waals surface area contributed by atoms with Crippen molar-refractivity contribution in [2.75, 3.05) is 27.4 Å². The monoisotopic (exact) mass is 487 g/mol. The van der Waals surface area contributed by atoms with Gasteiger partial charge in [-0.2, -0.15) is 0 Å². The molecule has 5 heteroatoms. The Hall–Kier alpha value is -3.44. The van der Waals surface area contributed by atoms with Crippen molar-refractivity contribution in [3.05, 3.63) is 66.2 Å². The third-order valence-corrected chi connectivity index (χ3v) is 6.67. The smallest absolute Gasteiger partial charge is 0.143 e. The minimum absolute atomic E-state index is 0.475. The molecule has 0 amide bonds. The number of hydrogen-bond donors (Lipinski definition) is 0. The molecule has 4 aromatic rings. The first kappa shape index (κ1) is 25.6. The zero-order chi connectivity index (χ0) is 25.8. The lowest BCUT2D eigenvalue weighted by Crippen LogP contribution is -2.39. The van der Waals surface area contributed by atoms with Crippen LogP contribution in [0.2, 0.25) is 0 Å². The number of hydrogen-bond acceptors (Lipinski definition) is 5. The molecule has 0 N–H and O–H groups in total. The van der Waals surface area contributed by atoms with E-state index in [2.05, 4.69) is 57.7 Å². The number of fused-ring (bicyclic) bond motifs is 1. The van der Waals surface area contributed by atoms with E-state index in [0.717, 1.165) is 62.8 Å². The highest BCUT2D eigenvalue weighted by Gasteiger charge is 2.21. The van der Waals surface area contributed by atoms with Crippen LogP contribution in [0, 0.1) is 6.92 Å². The molecule has 0 aliphatic carbocycles. The van der Waals surface area contributed by atoms with Gasteiger partial charge in [-0.3, -0.25) is 4.90 Å². The molecule has 1 heterocycles. The molecule has 0 aliphatic heterocycles. The Kier molecular flexibility index (Phi) is 7.90. The summed E-state index contributed by atoms with van der Waals surface area (Å²) in [4.78, 5) is 2.44. The highest BCUT2D eigenvalue weighted by Crippen LogP contribution is 2.44. The largest absolute Gasteiger partial charge is 0.497 e. The van der Waals surface area contributed by atoms with Gasteiger partial charge >= 0.3 is 0 Å². The fourth-order valence-corrected chi connectivity index (χ4v) is 4.76. The molecule has 5 nitrogen and oxygen atoms in total. The number of methoxy groups -OCH3 is 2. The summed E-state index contributed by atoms with van der Waals surface area (Å²) in [5, 5.41) is 1.03. The molecule has 0 radical (unpaired) electrons. The zero-order valence-electron chi connectivity index (χ0n) is 22.4. The van der Waals surface area contributed by atoms with Gasteiger partial charge in [-0.1, -0.05) is 6.07 Å². The summed E-state index contributed by atoms with van der Waals surface area (Å²) in [6.45, 7) is 12.5. The van der Waals surface area contributed by atoms with Crippen molar-refractivity contribution in [1.82, 2.24) is 4.90 Å². The predicted octanol–water partition coefficient (Wildman–Crippen LogP) is 7.59. The van der Waals surface area contributed by atoms with Gasteiger partial charge in [0.25, 0.3) is 0 Å². The zero-order valence-corrected chi connectivity index (χ0v) is 22.4. The molecule has 0 fully saturated rings. The molecule has 1 aromatic heterocycles. The van der Waals surface area contributed by atoms with Crippen LogP contribution < -0.4 is 14.2 Å². The lowest BCUT2D eigenvalue weighted by molar-refractivity contribution is 0.142. The highest BCUT2D eigenvalue weighted by atomic mass is 16.5. The third kappa shape index (κ3) is 5.36. The van der Waals surface area contributed by atoms with Gasteiger partial charge in [0.2, 0.25) is 0 Å². The molecule has 0 atom stereocenters. The van der Waals surface area contributed by atoms with Crippen molar-refractivity contribution < 1.29 is 18.6 Å². The standard InChI is InChI=1S/C31H37NO4/c1-20(2)32(21(3)4)16-17-35-26-11-8-22(5)28(18-26)30-27-15-14-25(34-7)19-29(27)36-31(30)23-9-12-24(33-6)13-10-23/h8-15,18-21H,16-17H2,1-7H3. The minimum atomic E-state index is 0.475. The number of benzene rings is 3. The summed E-state index contributed by atoms with van der Waals surface area (Å²) in [6, 6.07) is 21.2. The van der Waals surface area contributed by atoms with Crippen molar-refractivity contribution in [2.45, 2.75) is 46.7 Å². The molecule has 0 spiro atoms. The van der Waals surface area contributed by atoms with E-state index in [9.17, 15) is 0 Å². The summed E-state index contributed by atoms with van der Waals surface area (Å²) < 4.78 is 23.5. The van der Waals surface area contributed by atoms with Crippen LogP contribution in [0.5, 0.6) is 17.2 Å². The number of ether oxygens (including phenoxy) is 3. The van der Waals surface area contributed by atoms with Crippen LogP contribution in [0.3, 0.4) is 0 Å². The normalized spacial score (nSPS) is 11.6. The molecule has 0 bridgehead atoms. The first-order valence-electron chi connectivity index (χ1n) is 12.6. The lowest BCUT2D eigenvalue weighted by atomic mass is 9.95. The Labute approximate surface area is 214 Å². The summed E-state index contributed by atoms with van der Waals surface area (Å²) in [7, 11) is 3.34. The lowest BCUT2D eigenvalue weighted by Gasteiger charge is -2.30. The van der Waals surface area contributed by atoms with E-state index in [1.165, 1.54) is 0 Å². The van der Waals surface area contributed by atoms with Gasteiger partial charge < -0.3 is 18.6 Å². The Morgan fingerprint density at radius 3 is 2.06 bits per heavy atom. The molecule has 0 saturated heterocycles. The average molecular weight is 488 g/mol. The molecule has 0 saturated carbocycles. The van der Waals surface area contributed by atoms with Crippen molar-refractivity contribution in [2.24, 2.45) is 0 Å². The Morgan fingerprint density at radius 1 is 0.778 bits per heavy atom. The van der Waals surface area contributed by atoms with Crippen LogP contribution in [0.1, 0.15) is 33.3 Å². The summed E-state index contributed by atoms with van der Waals surface area (Å²) in [6.07, 6.45) is 0. The van der Waals surface area contributed by atoms with E-state index in [1.807, 2.05) is 42.5 Å². The number of aryl methyl sites for hydroxylation is 1. The van der Waals surface area contributed by atoms with E-state index in [0.29, 0.717) is 18.7 Å². The summed E-state index contributed by atoms with van der Waals surface area (Å²) >= 11 is 0. The van der Waals surface area contributed by atoms with Gasteiger partial charge in [0.1, 0.15) is 35.2 Å². The summed E-state index contributed by atoms with van der Waals surface area (Å²) in [5.41, 5.74) is 5.06. The number of nitrogens with zero attached hydrogens (tertiary/aromatic N) is 1. The number of furan rings is 1. The van der Waals surface area contributed by atoms with Gasteiger partial charge in [-0.05, 0) is 94.3 Å². The maximum atomic E-state index is 6.45. The van der Waals surface area contributed by atoms with Crippen LogP contribution in [-0.4, -0.2) is 44.4 Å². The van der Waals surface area contributed by atoms with Crippen molar-refractivity contribution >= 4 is 11.0 Å². The van der Waals surface area contributed by atoms with E-state index < -0.39 is 0 Å². The Balaban J connectivity index is 1.75. The fraction of sp³-hybridized carbons (Fsp3) is 0.355. The first-order chi connectivity index (χ1) is 17.3. The van der Waals surface area contributed by atoms with Crippen molar-refractivity contribution in [3.63, 3.8) is 0 Å². The van der Waals surface area contributed by atoms with Gasteiger partial charge in [0.05, 0.1) is 14.2 Å². The topological polar surface area (TPSA) is 44.1 Å². The third-order valence-electron chi connectivity index (χ3n) is 6.67. The van der Waals surface area contributed by atoms with E-state index in [4.69, 9.17) is 18.6 Å². The van der Waals surface area contributed by atoms with Crippen LogP contribution in [0.15, 0.2) is 65.1 Å². The molecule has 190 valence electrons. The maximum Gasteiger partial charge on any atom is 0.143 e. The SMILES string of the molecule is COc1ccc(-c2oc3cc(OC)ccc3c2-c2cc(OCCN(C(C)C)C(C)C)ccc2C)cc1. The van der Waals surface area contributed by atoms with Crippen LogP contribution in [-0.2, 0) is 0 Å². The Bertz CT molecular complexity index is 1300. The molecule has 0 aliphatic rings. The first-order valence-corrected chi connectivity index (χ1v) is 12.6. The molecule has 3 aromatic carbocycles. The quantitative estimate of drug-likeness (QED) is 0.231. The van der Waals surface area contributed by atoms with Gasteiger partial charge in [-0.15, -0.1) is 0 Å². The average Bonchev–Trinajstić information content (AvgIpc) is 3.25. The van der Waals surface area contributed by atoms with E-state index in [-0.39, 0.29) is 0 Å². The molecule has 0 unspecified atom stereocenters. The van der Waals surface area contributed by atoms with Crippen molar-refractivity contribution in [1.29, 1.82) is 0 Å². The highest BCUT2D eigenvalue weighted by molar-refractivity contribution is 6.03. The van der Waals surface area contributed by atoms with Gasteiger partial charge in [0, 0.05) is 41.2 Å². The molecular weight excluding hydrogens is 450 g/mol. The number of rotatable bonds is 10. The van der Waals surface area contributed by atoms with E-state index in [1.54, 1.807) is 14.2 Å². The molecule has 4 rings (SSSR count). The van der Waals surface area contributed by atoms with Crippen molar-refractivity contribution in [3.8, 4) is 39.7 Å². The fourth-order valence-electron chi connectivity index (χ4n) is 4.76. The Morgan fingerprint density at radius 2 is 1.42 bits per heavy atom. The van der Waals surface area contributed by atoms with Gasteiger partial charge in [-0.25, -0.2) is 0 Å². The second-order valence-electron chi connectivity index (χ2n) is 9.65. The maximum absolute atomic E-state index is 6.45. The second kappa shape index (κ2) is 11.1. The predicted molar refractivity (Wildman–Crippen MR) is 147 cm³/mol. The second-order valence-corrected chi connectivity index (χ2v) is 9.65. The molecule has 36 heavy (non-hydrogen) atoms. The van der Waals surface area contributed by atoms with Gasteiger partial charge in [0.15, 0.2) is 0 Å². The van der Waals surface area contributed by atoms with E-state index >= 15 is 0 Å². The summed E-state index contributed by atoms with van der Waals surface area (Å²) in [5.74, 6) is 3.23.